The lowest BCUT2D eigenvalue weighted by Crippen LogP contribution is -2.50. The molecule has 2 amide bonds. The molecule has 180 valence electrons. The minimum Gasteiger partial charge on any atom is -0.493 e. The van der Waals surface area contributed by atoms with Gasteiger partial charge in [0.25, 0.3) is 5.56 Å². The van der Waals surface area contributed by atoms with E-state index in [1.165, 1.54) is 0 Å². The maximum Gasteiger partial charge on any atom is 0.250 e. The number of carbonyl (C=O) groups is 2. The second kappa shape index (κ2) is 9.16. The van der Waals surface area contributed by atoms with E-state index in [1.807, 2.05) is 33.7 Å². The minimum absolute atomic E-state index is 0.0351. The van der Waals surface area contributed by atoms with Crippen LogP contribution in [0.15, 0.2) is 41.2 Å². The van der Waals surface area contributed by atoms with Crippen molar-refractivity contribution in [3.05, 3.63) is 58.0 Å². The Bertz CT molecular complexity index is 1160. The first-order valence-corrected chi connectivity index (χ1v) is 11.9. The van der Waals surface area contributed by atoms with Crippen LogP contribution < -0.4 is 15.0 Å². The first-order chi connectivity index (χ1) is 16.5. The molecule has 5 rings (SSSR count). The number of hydrogen-bond acceptors (Lipinski definition) is 5. The van der Waals surface area contributed by atoms with Crippen molar-refractivity contribution in [1.82, 2.24) is 14.4 Å². The summed E-state index contributed by atoms with van der Waals surface area (Å²) in [6.45, 7) is 2.98. The Morgan fingerprint density at radius 2 is 1.82 bits per heavy atom. The zero-order chi connectivity index (χ0) is 23.8. The molecule has 4 heterocycles. The van der Waals surface area contributed by atoms with Crippen LogP contribution in [0.5, 0.6) is 11.5 Å². The largest absolute Gasteiger partial charge is 0.493 e. The van der Waals surface area contributed by atoms with E-state index < -0.39 is 0 Å². The molecule has 8 nitrogen and oxygen atoms in total. The van der Waals surface area contributed by atoms with E-state index in [0.29, 0.717) is 50.6 Å². The van der Waals surface area contributed by atoms with Gasteiger partial charge in [-0.2, -0.15) is 0 Å². The van der Waals surface area contributed by atoms with Gasteiger partial charge in [0.1, 0.15) is 0 Å². The molecular formula is C26H31N3O5. The Balaban J connectivity index is 1.21. The summed E-state index contributed by atoms with van der Waals surface area (Å²) in [5.74, 6) is 1.62. The maximum atomic E-state index is 13.4. The lowest BCUT2D eigenvalue weighted by atomic mass is 9.82. The van der Waals surface area contributed by atoms with Crippen LogP contribution in [0.2, 0.25) is 0 Å². The molecule has 3 aliphatic rings. The van der Waals surface area contributed by atoms with Crippen LogP contribution in [0.25, 0.3) is 0 Å². The number of pyridine rings is 1. The number of carbonyl (C=O) groups excluding carboxylic acids is 2. The second-order valence-electron chi connectivity index (χ2n) is 9.62. The molecule has 0 spiro atoms. The molecule has 1 aromatic heterocycles. The Hall–Kier alpha value is -3.29. The molecule has 2 saturated heterocycles. The average Bonchev–Trinajstić information content (AvgIpc) is 3.23. The van der Waals surface area contributed by atoms with E-state index in [2.05, 4.69) is 0 Å². The average molecular weight is 466 g/mol. The van der Waals surface area contributed by atoms with Crippen molar-refractivity contribution in [2.24, 2.45) is 11.8 Å². The molecule has 0 aliphatic carbocycles. The number of amides is 2. The summed E-state index contributed by atoms with van der Waals surface area (Å²) in [7, 11) is 3.21. The molecule has 1 aromatic carbocycles. The number of ether oxygens (including phenoxy) is 2. The van der Waals surface area contributed by atoms with Crippen LogP contribution in [0.4, 0.5) is 0 Å². The van der Waals surface area contributed by atoms with Crippen LogP contribution in [0.1, 0.15) is 30.0 Å². The number of likely N-dealkylation sites (tertiary alicyclic amines) is 2. The van der Waals surface area contributed by atoms with Crippen molar-refractivity contribution < 1.29 is 19.1 Å². The maximum absolute atomic E-state index is 13.4. The number of benzene rings is 1. The van der Waals surface area contributed by atoms with Gasteiger partial charge in [-0.25, -0.2) is 0 Å². The predicted molar refractivity (Wildman–Crippen MR) is 126 cm³/mol. The highest BCUT2D eigenvalue weighted by atomic mass is 16.5. The molecule has 2 fully saturated rings. The number of rotatable bonds is 6. The fourth-order valence-corrected chi connectivity index (χ4v) is 5.79. The van der Waals surface area contributed by atoms with Crippen LogP contribution >= 0.6 is 0 Å². The molecular weight excluding hydrogens is 434 g/mol. The Kier molecular flexibility index (Phi) is 6.06. The molecule has 3 aliphatic heterocycles. The second-order valence-corrected chi connectivity index (χ2v) is 9.62. The normalized spacial score (nSPS) is 23.6. The Morgan fingerprint density at radius 1 is 1.00 bits per heavy atom. The Labute approximate surface area is 199 Å². The number of fused-ring (bicyclic) bond motifs is 4. The number of aromatic nitrogens is 1. The molecule has 2 bridgehead atoms. The third kappa shape index (κ3) is 4.17. The smallest absolute Gasteiger partial charge is 0.250 e. The minimum atomic E-state index is -0.297. The summed E-state index contributed by atoms with van der Waals surface area (Å²) >= 11 is 0. The van der Waals surface area contributed by atoms with E-state index in [9.17, 15) is 14.4 Å². The fraction of sp³-hybridized carbons (Fsp3) is 0.500. The summed E-state index contributed by atoms with van der Waals surface area (Å²) in [5.41, 5.74) is 2.12. The highest BCUT2D eigenvalue weighted by Crippen LogP contribution is 2.36. The van der Waals surface area contributed by atoms with Crippen LogP contribution in [-0.4, -0.2) is 66.6 Å². The summed E-state index contributed by atoms with van der Waals surface area (Å²) in [6.07, 6.45) is 1.97. The van der Waals surface area contributed by atoms with Crippen molar-refractivity contribution in [2.45, 2.75) is 31.7 Å². The van der Waals surface area contributed by atoms with E-state index >= 15 is 0 Å². The van der Waals surface area contributed by atoms with Gasteiger partial charge in [-0.1, -0.05) is 12.1 Å². The molecule has 0 N–H and O–H groups in total. The summed E-state index contributed by atoms with van der Waals surface area (Å²) < 4.78 is 12.5. The highest BCUT2D eigenvalue weighted by molar-refractivity contribution is 5.89. The van der Waals surface area contributed by atoms with Gasteiger partial charge in [0.15, 0.2) is 11.5 Å². The number of piperidine rings is 1. The number of hydrogen-bond donors (Lipinski definition) is 0. The van der Waals surface area contributed by atoms with Gasteiger partial charge < -0.3 is 23.8 Å². The van der Waals surface area contributed by atoms with Gasteiger partial charge in [0.05, 0.1) is 20.1 Å². The fourth-order valence-electron chi connectivity index (χ4n) is 5.79. The monoisotopic (exact) mass is 465 g/mol. The van der Waals surface area contributed by atoms with Gasteiger partial charge >= 0.3 is 0 Å². The first-order valence-electron chi connectivity index (χ1n) is 11.9. The van der Waals surface area contributed by atoms with Crippen molar-refractivity contribution >= 4 is 11.8 Å². The summed E-state index contributed by atoms with van der Waals surface area (Å²) in [4.78, 5) is 42.1. The lowest BCUT2D eigenvalue weighted by molar-refractivity contribution is -0.138. The topological polar surface area (TPSA) is 81.1 Å². The van der Waals surface area contributed by atoms with Crippen LogP contribution in [0, 0.1) is 11.8 Å². The molecule has 0 unspecified atom stereocenters. The molecule has 0 saturated carbocycles. The zero-order valence-electron chi connectivity index (χ0n) is 19.7. The van der Waals surface area contributed by atoms with Gasteiger partial charge in [0, 0.05) is 56.8 Å². The predicted octanol–water partition coefficient (Wildman–Crippen LogP) is 1.90. The molecule has 3 atom stereocenters. The molecule has 0 radical (unpaired) electrons. The van der Waals surface area contributed by atoms with Crippen molar-refractivity contribution in [3.63, 3.8) is 0 Å². The van der Waals surface area contributed by atoms with Crippen LogP contribution in [0.3, 0.4) is 0 Å². The van der Waals surface area contributed by atoms with Crippen LogP contribution in [-0.2, 0) is 22.6 Å². The Morgan fingerprint density at radius 3 is 2.62 bits per heavy atom. The first kappa shape index (κ1) is 22.5. The van der Waals surface area contributed by atoms with Crippen molar-refractivity contribution in [3.8, 4) is 11.5 Å². The standard InChI is InChI=1S/C26H31N3O5/c1-33-22-7-6-17(11-23(22)34-2)8-9-27-16-20(12-25(27)31)26(32)28-13-18-10-19(15-28)21-4-3-5-24(30)29(21)14-18/h3-7,11,18-20H,8-10,12-16H2,1-2H3/t18-,19+,20-/m1/s1. The van der Waals surface area contributed by atoms with E-state index in [1.54, 1.807) is 31.3 Å². The lowest BCUT2D eigenvalue weighted by Gasteiger charge is -2.43. The van der Waals surface area contributed by atoms with E-state index in [-0.39, 0.29) is 41.5 Å². The highest BCUT2D eigenvalue weighted by Gasteiger charge is 2.41. The van der Waals surface area contributed by atoms with Gasteiger partial charge in [-0.15, -0.1) is 0 Å². The third-order valence-corrected chi connectivity index (χ3v) is 7.47. The zero-order valence-corrected chi connectivity index (χ0v) is 19.7. The van der Waals surface area contributed by atoms with Crippen molar-refractivity contribution in [2.75, 3.05) is 40.4 Å². The van der Waals surface area contributed by atoms with E-state index in [4.69, 9.17) is 9.47 Å². The SMILES string of the molecule is COc1ccc(CCN2C[C@H](C(=O)N3C[C@H]4C[C@@H](C3)c3cccc(=O)n3C4)CC2=O)cc1OC. The van der Waals surface area contributed by atoms with E-state index in [0.717, 1.165) is 17.7 Å². The summed E-state index contributed by atoms with van der Waals surface area (Å²) in [5, 5.41) is 0. The van der Waals surface area contributed by atoms with Gasteiger partial charge in [-0.3, -0.25) is 14.4 Å². The van der Waals surface area contributed by atoms with Gasteiger partial charge in [-0.05, 0) is 42.5 Å². The number of nitrogens with zero attached hydrogens (tertiary/aromatic N) is 3. The van der Waals surface area contributed by atoms with Gasteiger partial charge in [0.2, 0.25) is 11.8 Å². The third-order valence-electron chi connectivity index (χ3n) is 7.47. The summed E-state index contributed by atoms with van der Waals surface area (Å²) in [6, 6.07) is 11.2. The quantitative estimate of drug-likeness (QED) is 0.651. The number of methoxy groups -OCH3 is 2. The molecule has 34 heavy (non-hydrogen) atoms. The molecule has 2 aromatic rings. The van der Waals surface area contributed by atoms with Crippen molar-refractivity contribution in [1.29, 1.82) is 0 Å². The molecule has 8 heteroatoms.